The molecular weight excluding hydrogens is 246 g/mol. The Labute approximate surface area is 111 Å². The van der Waals surface area contributed by atoms with Crippen LogP contribution in [0.5, 0.6) is 0 Å². The molecule has 0 saturated heterocycles. The number of sulfone groups is 1. The summed E-state index contributed by atoms with van der Waals surface area (Å²) in [4.78, 5) is 0. The molecule has 1 N–H and O–H groups in total. The van der Waals surface area contributed by atoms with Gasteiger partial charge in [0.1, 0.15) is 9.84 Å². The molecule has 0 aliphatic carbocycles. The summed E-state index contributed by atoms with van der Waals surface area (Å²) in [6.07, 6.45) is 1.28. The van der Waals surface area contributed by atoms with Crippen LogP contribution in [0.3, 0.4) is 0 Å². The Bertz CT molecular complexity index is 454. The zero-order valence-corrected chi connectivity index (χ0v) is 12.4. The molecule has 0 aliphatic rings. The molecule has 4 heteroatoms. The van der Waals surface area contributed by atoms with Gasteiger partial charge in [-0.25, -0.2) is 8.42 Å². The van der Waals surface area contributed by atoms with Crippen molar-refractivity contribution < 1.29 is 8.42 Å². The first kappa shape index (κ1) is 15.2. The van der Waals surface area contributed by atoms with E-state index in [0.717, 1.165) is 0 Å². The van der Waals surface area contributed by atoms with Crippen LogP contribution in [0.25, 0.3) is 0 Å². The summed E-state index contributed by atoms with van der Waals surface area (Å²) in [5.41, 5.74) is 1.20. The summed E-state index contributed by atoms with van der Waals surface area (Å²) in [5.74, 6) is 0.581. The van der Waals surface area contributed by atoms with Crippen LogP contribution in [0.1, 0.15) is 32.4 Å². The van der Waals surface area contributed by atoms with Crippen molar-refractivity contribution in [2.75, 3.05) is 12.0 Å². The minimum atomic E-state index is -2.94. The Morgan fingerprint density at radius 2 is 1.67 bits per heavy atom. The fourth-order valence-electron chi connectivity index (χ4n) is 2.14. The van der Waals surface area contributed by atoms with Crippen LogP contribution in [0.2, 0.25) is 0 Å². The second-order valence-corrected chi connectivity index (χ2v) is 7.48. The Kier molecular flexibility index (Phi) is 5.35. The Balaban J connectivity index is 2.76. The Morgan fingerprint density at radius 1 is 1.11 bits per heavy atom. The van der Waals surface area contributed by atoms with E-state index in [4.69, 9.17) is 0 Å². The summed E-state index contributed by atoms with van der Waals surface area (Å²) < 4.78 is 22.6. The molecule has 1 aromatic rings. The largest absolute Gasteiger partial charge is 0.306 e. The van der Waals surface area contributed by atoms with E-state index >= 15 is 0 Å². The van der Waals surface area contributed by atoms with Gasteiger partial charge in [-0.2, -0.15) is 0 Å². The smallest absolute Gasteiger partial charge is 0.148 e. The highest BCUT2D eigenvalue weighted by Gasteiger charge is 2.19. The summed E-state index contributed by atoms with van der Waals surface area (Å²) in [6, 6.07) is 10.3. The number of rotatable bonds is 6. The molecule has 2 unspecified atom stereocenters. The van der Waals surface area contributed by atoms with Gasteiger partial charge in [0, 0.05) is 18.3 Å². The van der Waals surface area contributed by atoms with Gasteiger partial charge in [-0.1, -0.05) is 44.2 Å². The minimum absolute atomic E-state index is 0.0485. The van der Waals surface area contributed by atoms with E-state index in [-0.39, 0.29) is 17.8 Å². The van der Waals surface area contributed by atoms with E-state index in [9.17, 15) is 8.42 Å². The van der Waals surface area contributed by atoms with Crippen LogP contribution >= 0.6 is 0 Å². The lowest BCUT2D eigenvalue weighted by Crippen LogP contribution is -2.37. The van der Waals surface area contributed by atoms with Crippen molar-refractivity contribution in [3.05, 3.63) is 35.9 Å². The molecule has 102 valence electrons. The second-order valence-electron chi connectivity index (χ2n) is 5.29. The zero-order chi connectivity index (χ0) is 13.8. The summed E-state index contributed by atoms with van der Waals surface area (Å²) in [7, 11) is -2.94. The lowest BCUT2D eigenvalue weighted by molar-refractivity contribution is 0.381. The standard InChI is InChI=1S/C14H23NO2S/c1-11(2)14(13-8-6-5-7-9-13)15-12(3)10-18(4,16)17/h5-9,11-12,14-15H,10H2,1-4H3. The Hall–Kier alpha value is -0.870. The first-order chi connectivity index (χ1) is 8.29. The fourth-order valence-corrected chi connectivity index (χ4v) is 3.15. The number of hydrogen-bond acceptors (Lipinski definition) is 3. The number of nitrogens with one attached hydrogen (secondary N) is 1. The second kappa shape index (κ2) is 6.34. The maximum Gasteiger partial charge on any atom is 0.148 e. The van der Waals surface area contributed by atoms with Crippen molar-refractivity contribution in [1.29, 1.82) is 0 Å². The first-order valence-electron chi connectivity index (χ1n) is 6.28. The van der Waals surface area contributed by atoms with E-state index < -0.39 is 9.84 Å². The third-order valence-electron chi connectivity index (χ3n) is 2.84. The lowest BCUT2D eigenvalue weighted by Gasteiger charge is -2.26. The Morgan fingerprint density at radius 3 is 2.11 bits per heavy atom. The molecule has 0 spiro atoms. The average molecular weight is 269 g/mol. The SMILES string of the molecule is CC(CS(C)(=O)=O)NC(c1ccccc1)C(C)C. The van der Waals surface area contributed by atoms with Crippen molar-refractivity contribution in [3.8, 4) is 0 Å². The van der Waals surface area contributed by atoms with Crippen molar-refractivity contribution in [3.63, 3.8) is 0 Å². The highest BCUT2D eigenvalue weighted by molar-refractivity contribution is 7.90. The van der Waals surface area contributed by atoms with Gasteiger partial charge in [0.2, 0.25) is 0 Å². The molecule has 18 heavy (non-hydrogen) atoms. The maximum atomic E-state index is 11.3. The predicted octanol–water partition coefficient (Wildman–Crippen LogP) is 2.41. The van der Waals surface area contributed by atoms with Crippen molar-refractivity contribution in [1.82, 2.24) is 5.32 Å². The molecule has 0 bridgehead atoms. The molecule has 0 aromatic heterocycles. The van der Waals surface area contributed by atoms with E-state index in [1.807, 2.05) is 25.1 Å². The topological polar surface area (TPSA) is 46.2 Å². The molecule has 1 rings (SSSR count). The molecule has 0 heterocycles. The van der Waals surface area contributed by atoms with Crippen molar-refractivity contribution in [2.24, 2.45) is 5.92 Å². The first-order valence-corrected chi connectivity index (χ1v) is 8.34. The van der Waals surface area contributed by atoms with Gasteiger partial charge in [-0.05, 0) is 18.4 Å². The highest BCUT2D eigenvalue weighted by Crippen LogP contribution is 2.22. The minimum Gasteiger partial charge on any atom is -0.306 e. The van der Waals surface area contributed by atoms with E-state index in [2.05, 4.69) is 31.3 Å². The van der Waals surface area contributed by atoms with E-state index in [1.54, 1.807) is 0 Å². The van der Waals surface area contributed by atoms with E-state index in [1.165, 1.54) is 11.8 Å². The maximum absolute atomic E-state index is 11.3. The monoisotopic (exact) mass is 269 g/mol. The molecule has 0 saturated carbocycles. The molecule has 2 atom stereocenters. The molecule has 0 aliphatic heterocycles. The van der Waals surface area contributed by atoms with Crippen LogP contribution in [-0.2, 0) is 9.84 Å². The third kappa shape index (κ3) is 5.19. The van der Waals surface area contributed by atoms with Gasteiger partial charge < -0.3 is 5.32 Å². The lowest BCUT2D eigenvalue weighted by atomic mass is 9.95. The highest BCUT2D eigenvalue weighted by atomic mass is 32.2. The summed E-state index contributed by atoms with van der Waals surface area (Å²) in [6.45, 7) is 6.19. The number of hydrogen-bond donors (Lipinski definition) is 1. The molecule has 0 fully saturated rings. The molecular formula is C14H23NO2S. The van der Waals surface area contributed by atoms with Gasteiger partial charge in [-0.15, -0.1) is 0 Å². The van der Waals surface area contributed by atoms with Gasteiger partial charge in [0.15, 0.2) is 0 Å². The van der Waals surface area contributed by atoms with Crippen LogP contribution < -0.4 is 5.32 Å². The molecule has 1 aromatic carbocycles. The van der Waals surface area contributed by atoms with E-state index in [0.29, 0.717) is 5.92 Å². The van der Waals surface area contributed by atoms with Crippen LogP contribution in [0, 0.1) is 5.92 Å². The summed E-state index contributed by atoms with van der Waals surface area (Å²) in [5, 5.41) is 3.41. The summed E-state index contributed by atoms with van der Waals surface area (Å²) >= 11 is 0. The van der Waals surface area contributed by atoms with Gasteiger partial charge in [0.25, 0.3) is 0 Å². The van der Waals surface area contributed by atoms with Gasteiger partial charge in [0.05, 0.1) is 5.75 Å². The van der Waals surface area contributed by atoms with Crippen LogP contribution in [0.15, 0.2) is 30.3 Å². The normalized spacial score (nSPS) is 15.6. The van der Waals surface area contributed by atoms with Gasteiger partial charge >= 0.3 is 0 Å². The predicted molar refractivity (Wildman–Crippen MR) is 76.3 cm³/mol. The van der Waals surface area contributed by atoms with Crippen LogP contribution in [-0.4, -0.2) is 26.5 Å². The average Bonchev–Trinajstić information content (AvgIpc) is 2.24. The van der Waals surface area contributed by atoms with Crippen molar-refractivity contribution in [2.45, 2.75) is 32.9 Å². The number of benzene rings is 1. The zero-order valence-electron chi connectivity index (χ0n) is 11.6. The van der Waals surface area contributed by atoms with Gasteiger partial charge in [-0.3, -0.25) is 0 Å². The third-order valence-corrected chi connectivity index (χ3v) is 3.95. The molecule has 0 amide bonds. The quantitative estimate of drug-likeness (QED) is 0.862. The fraction of sp³-hybridized carbons (Fsp3) is 0.571. The van der Waals surface area contributed by atoms with Crippen molar-refractivity contribution >= 4 is 9.84 Å². The molecule has 0 radical (unpaired) electrons. The van der Waals surface area contributed by atoms with Crippen LogP contribution in [0.4, 0.5) is 0 Å². The molecule has 3 nitrogen and oxygen atoms in total.